The smallest absolute Gasteiger partial charge is 0.400 e. The van der Waals surface area contributed by atoms with Crippen molar-refractivity contribution in [3.63, 3.8) is 0 Å². The van der Waals surface area contributed by atoms with Gasteiger partial charge < -0.3 is 14.2 Å². The van der Waals surface area contributed by atoms with Gasteiger partial charge in [-0.1, -0.05) is 5.98 Å². The lowest BCUT2D eigenvalue weighted by Crippen LogP contribution is -2.41. The van der Waals surface area contributed by atoms with Crippen LogP contribution in [0, 0.1) is 0 Å². The van der Waals surface area contributed by atoms with E-state index in [4.69, 9.17) is 9.31 Å². The van der Waals surface area contributed by atoms with Crippen molar-refractivity contribution in [3.8, 4) is 0 Å². The lowest BCUT2D eigenvalue weighted by atomic mass is 9.85. The summed E-state index contributed by atoms with van der Waals surface area (Å²) in [6.45, 7) is 9.53. The van der Waals surface area contributed by atoms with Gasteiger partial charge in [-0.25, -0.2) is 0 Å². The van der Waals surface area contributed by atoms with Crippen LogP contribution in [0.2, 0.25) is 0 Å². The fraction of sp³-hybridized carbons (Fsp3) is 0.727. The summed E-state index contributed by atoms with van der Waals surface area (Å²) in [5, 5.41) is 0. The number of likely N-dealkylation sites (tertiary alicyclic amines) is 1. The fourth-order valence-corrected chi connectivity index (χ4v) is 1.80. The molecule has 0 aliphatic carbocycles. The standard InChI is InChI=1S/C11H18BNO3/c1-10(2)11(3,4)16-12(15-10)5-9-6-13(7-9)8-14/h5,8H,6-7H2,1-4H3. The molecule has 0 bridgehead atoms. The fourth-order valence-electron chi connectivity index (χ4n) is 1.80. The molecule has 4 nitrogen and oxygen atoms in total. The molecular weight excluding hydrogens is 205 g/mol. The van der Waals surface area contributed by atoms with E-state index in [1.165, 1.54) is 5.57 Å². The highest BCUT2D eigenvalue weighted by atomic mass is 16.7. The summed E-state index contributed by atoms with van der Waals surface area (Å²) < 4.78 is 11.7. The van der Waals surface area contributed by atoms with Crippen LogP contribution in [0.3, 0.4) is 0 Å². The molecule has 0 N–H and O–H groups in total. The van der Waals surface area contributed by atoms with Gasteiger partial charge in [0.05, 0.1) is 11.2 Å². The van der Waals surface area contributed by atoms with Gasteiger partial charge in [0, 0.05) is 13.1 Å². The van der Waals surface area contributed by atoms with E-state index in [9.17, 15) is 4.79 Å². The molecule has 0 atom stereocenters. The maximum absolute atomic E-state index is 10.4. The average molecular weight is 223 g/mol. The minimum absolute atomic E-state index is 0.284. The molecule has 0 aromatic heterocycles. The van der Waals surface area contributed by atoms with E-state index in [2.05, 4.69) is 0 Å². The number of hydrogen-bond acceptors (Lipinski definition) is 3. The quantitative estimate of drug-likeness (QED) is 0.518. The zero-order valence-corrected chi connectivity index (χ0v) is 10.3. The van der Waals surface area contributed by atoms with E-state index in [-0.39, 0.29) is 18.3 Å². The SMILES string of the molecule is CC1(C)OB(C=C2CN(C=O)C2)OC1(C)C. The molecule has 0 aromatic carbocycles. The van der Waals surface area contributed by atoms with Crippen molar-refractivity contribution < 1.29 is 14.1 Å². The van der Waals surface area contributed by atoms with Crippen molar-refractivity contribution in [3.05, 3.63) is 11.5 Å². The Hall–Kier alpha value is -0.805. The highest BCUT2D eigenvalue weighted by Gasteiger charge is 2.50. The van der Waals surface area contributed by atoms with Crippen LogP contribution in [0.5, 0.6) is 0 Å². The van der Waals surface area contributed by atoms with Crippen molar-refractivity contribution in [2.45, 2.75) is 38.9 Å². The summed E-state index contributed by atoms with van der Waals surface area (Å²) in [6.07, 6.45) is 0.863. The molecule has 0 unspecified atom stereocenters. The third-order valence-corrected chi connectivity index (χ3v) is 3.60. The van der Waals surface area contributed by atoms with E-state index in [0.717, 1.165) is 6.41 Å². The minimum Gasteiger partial charge on any atom is -0.400 e. The largest absolute Gasteiger partial charge is 0.487 e. The van der Waals surface area contributed by atoms with E-state index in [1.54, 1.807) is 4.90 Å². The van der Waals surface area contributed by atoms with Gasteiger partial charge in [-0.2, -0.15) is 0 Å². The Morgan fingerprint density at radius 3 is 2.12 bits per heavy atom. The zero-order valence-electron chi connectivity index (χ0n) is 10.3. The van der Waals surface area contributed by atoms with Gasteiger partial charge in [0.1, 0.15) is 0 Å². The van der Waals surface area contributed by atoms with E-state index in [0.29, 0.717) is 13.1 Å². The number of carbonyl (C=O) groups excluding carboxylic acids is 1. The maximum atomic E-state index is 10.4. The molecule has 0 aromatic rings. The van der Waals surface area contributed by atoms with Crippen LogP contribution < -0.4 is 0 Å². The molecule has 0 radical (unpaired) electrons. The number of nitrogens with zero attached hydrogens (tertiary/aromatic N) is 1. The first kappa shape index (κ1) is 11.7. The van der Waals surface area contributed by atoms with E-state index in [1.807, 2.05) is 33.7 Å². The number of carbonyl (C=O) groups is 1. The first-order valence-corrected chi connectivity index (χ1v) is 5.59. The lowest BCUT2D eigenvalue weighted by molar-refractivity contribution is -0.119. The summed E-state index contributed by atoms with van der Waals surface area (Å²) in [4.78, 5) is 12.1. The van der Waals surface area contributed by atoms with Crippen LogP contribution in [-0.2, 0) is 14.1 Å². The molecule has 5 heteroatoms. The monoisotopic (exact) mass is 223 g/mol. The van der Waals surface area contributed by atoms with Crippen molar-refractivity contribution in [2.75, 3.05) is 13.1 Å². The molecule has 2 heterocycles. The van der Waals surface area contributed by atoms with E-state index < -0.39 is 0 Å². The van der Waals surface area contributed by atoms with Crippen molar-refractivity contribution >= 4 is 13.5 Å². The van der Waals surface area contributed by atoms with Gasteiger partial charge in [-0.05, 0) is 33.3 Å². The Bertz CT molecular complexity index is 314. The van der Waals surface area contributed by atoms with Gasteiger partial charge in [0.2, 0.25) is 6.41 Å². The van der Waals surface area contributed by atoms with Gasteiger partial charge >= 0.3 is 7.12 Å². The average Bonchev–Trinajstić information content (AvgIpc) is 2.27. The van der Waals surface area contributed by atoms with Crippen molar-refractivity contribution in [2.24, 2.45) is 0 Å². The molecule has 2 fully saturated rings. The van der Waals surface area contributed by atoms with Gasteiger partial charge in [0.25, 0.3) is 0 Å². The highest BCUT2D eigenvalue weighted by molar-refractivity contribution is 6.51. The Labute approximate surface area is 96.7 Å². The Morgan fingerprint density at radius 2 is 1.69 bits per heavy atom. The Morgan fingerprint density at radius 1 is 1.19 bits per heavy atom. The maximum Gasteiger partial charge on any atom is 0.487 e. The molecule has 2 saturated heterocycles. The highest BCUT2D eigenvalue weighted by Crippen LogP contribution is 2.37. The predicted octanol–water partition coefficient (Wildman–Crippen LogP) is 1.02. The summed E-state index contributed by atoms with van der Waals surface area (Å²) in [7, 11) is -0.284. The van der Waals surface area contributed by atoms with Crippen LogP contribution in [0.1, 0.15) is 27.7 Å². The van der Waals surface area contributed by atoms with Gasteiger partial charge in [-0.15, -0.1) is 0 Å². The molecule has 0 saturated carbocycles. The van der Waals surface area contributed by atoms with E-state index >= 15 is 0 Å². The van der Waals surface area contributed by atoms with Crippen molar-refractivity contribution in [1.29, 1.82) is 0 Å². The first-order valence-electron chi connectivity index (χ1n) is 5.59. The Kier molecular flexibility index (Phi) is 2.63. The third-order valence-electron chi connectivity index (χ3n) is 3.60. The summed E-state index contributed by atoms with van der Waals surface area (Å²) in [6, 6.07) is 0. The molecule has 88 valence electrons. The zero-order chi connectivity index (χ0) is 12.0. The van der Waals surface area contributed by atoms with Crippen LogP contribution in [0.4, 0.5) is 0 Å². The third kappa shape index (κ3) is 1.89. The van der Waals surface area contributed by atoms with Crippen molar-refractivity contribution in [1.82, 2.24) is 4.90 Å². The van der Waals surface area contributed by atoms with Gasteiger partial charge in [-0.3, -0.25) is 4.79 Å². The summed E-state index contributed by atoms with van der Waals surface area (Å²) in [5.41, 5.74) is 0.622. The lowest BCUT2D eigenvalue weighted by Gasteiger charge is -2.32. The number of amides is 1. The predicted molar refractivity (Wildman–Crippen MR) is 61.8 cm³/mol. The number of rotatable bonds is 2. The molecular formula is C11H18BNO3. The molecule has 2 aliphatic rings. The van der Waals surface area contributed by atoms with Gasteiger partial charge in [0.15, 0.2) is 0 Å². The second-order valence-electron chi connectivity index (χ2n) is 5.46. The molecule has 0 spiro atoms. The second-order valence-corrected chi connectivity index (χ2v) is 5.46. The second kappa shape index (κ2) is 3.60. The van der Waals surface area contributed by atoms with Crippen LogP contribution in [0.25, 0.3) is 0 Å². The minimum atomic E-state index is -0.289. The summed E-state index contributed by atoms with van der Waals surface area (Å²) in [5.74, 6) is 1.98. The van der Waals surface area contributed by atoms with Crippen LogP contribution >= 0.6 is 0 Å². The Balaban J connectivity index is 1.98. The molecule has 1 amide bonds. The normalized spacial score (nSPS) is 26.6. The molecule has 2 rings (SSSR count). The first-order chi connectivity index (χ1) is 7.34. The van der Waals surface area contributed by atoms with Crippen LogP contribution in [0.15, 0.2) is 11.5 Å². The topological polar surface area (TPSA) is 38.8 Å². The molecule has 16 heavy (non-hydrogen) atoms. The summed E-state index contributed by atoms with van der Waals surface area (Å²) >= 11 is 0. The molecule has 2 aliphatic heterocycles. The van der Waals surface area contributed by atoms with Crippen LogP contribution in [-0.4, -0.2) is 42.7 Å². The number of hydrogen-bond donors (Lipinski definition) is 0.